The molecule has 0 aliphatic carbocycles. The fourth-order valence-electron chi connectivity index (χ4n) is 2.16. The number of thiophene rings is 1. The van der Waals surface area contributed by atoms with Gasteiger partial charge in [-0.2, -0.15) is 0 Å². The standard InChI is InChI=1S/C13H11N3O4S2/c1-16-13(18)10(11-8(5-7-21-11)22(16,19)20)12(17)15-9-4-2-3-6-14-9/h2-7,10H,1H3,(H,14,15,17). The molecule has 0 spiro atoms. The number of hydrogen-bond acceptors (Lipinski definition) is 6. The van der Waals surface area contributed by atoms with Gasteiger partial charge in [0.15, 0.2) is 5.92 Å². The van der Waals surface area contributed by atoms with Crippen LogP contribution in [-0.2, 0) is 19.6 Å². The molecule has 3 heterocycles. The number of fused-ring (bicyclic) bond motifs is 1. The predicted molar refractivity (Wildman–Crippen MR) is 79.9 cm³/mol. The van der Waals surface area contributed by atoms with Gasteiger partial charge in [-0.15, -0.1) is 11.3 Å². The van der Waals surface area contributed by atoms with Crippen molar-refractivity contribution in [2.45, 2.75) is 10.8 Å². The summed E-state index contributed by atoms with van der Waals surface area (Å²) in [5.41, 5.74) is 0. The Kier molecular flexibility index (Phi) is 3.45. The smallest absolute Gasteiger partial charge is 0.267 e. The Bertz CT molecular complexity index is 845. The van der Waals surface area contributed by atoms with E-state index in [0.29, 0.717) is 10.1 Å². The van der Waals surface area contributed by atoms with E-state index in [4.69, 9.17) is 0 Å². The number of hydrogen-bond donors (Lipinski definition) is 1. The number of amides is 2. The second-order valence-corrected chi connectivity index (χ2v) is 7.48. The van der Waals surface area contributed by atoms with Crippen LogP contribution in [0.4, 0.5) is 5.82 Å². The fourth-order valence-corrected chi connectivity index (χ4v) is 4.83. The highest BCUT2D eigenvalue weighted by atomic mass is 32.2. The molecule has 7 nitrogen and oxygen atoms in total. The Morgan fingerprint density at radius 3 is 2.82 bits per heavy atom. The van der Waals surface area contributed by atoms with Gasteiger partial charge in [-0.25, -0.2) is 17.7 Å². The highest BCUT2D eigenvalue weighted by molar-refractivity contribution is 7.90. The quantitative estimate of drug-likeness (QED) is 0.826. The average molecular weight is 337 g/mol. The summed E-state index contributed by atoms with van der Waals surface area (Å²) in [6.07, 6.45) is 1.51. The zero-order valence-corrected chi connectivity index (χ0v) is 13.0. The maximum Gasteiger partial charge on any atom is 0.267 e. The topological polar surface area (TPSA) is 96.4 Å². The van der Waals surface area contributed by atoms with Crippen molar-refractivity contribution in [1.82, 2.24) is 9.29 Å². The maximum atomic E-state index is 12.4. The average Bonchev–Trinajstić information content (AvgIpc) is 2.96. The van der Waals surface area contributed by atoms with Crippen LogP contribution < -0.4 is 5.32 Å². The molecule has 0 saturated heterocycles. The molecule has 0 aromatic carbocycles. The molecular formula is C13H11N3O4S2. The number of nitrogens with zero attached hydrogens (tertiary/aromatic N) is 2. The largest absolute Gasteiger partial charge is 0.310 e. The lowest BCUT2D eigenvalue weighted by molar-refractivity contribution is -0.132. The first kappa shape index (κ1) is 14.7. The highest BCUT2D eigenvalue weighted by Gasteiger charge is 2.45. The van der Waals surface area contributed by atoms with Gasteiger partial charge in [0.1, 0.15) is 10.7 Å². The second-order valence-electron chi connectivity index (χ2n) is 4.60. The van der Waals surface area contributed by atoms with Crippen LogP contribution in [0.25, 0.3) is 0 Å². The Balaban J connectivity index is 2.01. The minimum absolute atomic E-state index is 0.000714. The summed E-state index contributed by atoms with van der Waals surface area (Å²) >= 11 is 1.07. The van der Waals surface area contributed by atoms with Crippen LogP contribution in [0.3, 0.4) is 0 Å². The number of carbonyl (C=O) groups is 2. The zero-order chi connectivity index (χ0) is 15.9. The molecule has 1 aliphatic heterocycles. The number of sulfonamides is 1. The third-order valence-electron chi connectivity index (χ3n) is 3.29. The van der Waals surface area contributed by atoms with Crippen LogP contribution in [0, 0.1) is 0 Å². The van der Waals surface area contributed by atoms with Crippen LogP contribution in [0.15, 0.2) is 40.7 Å². The molecule has 1 unspecified atom stereocenters. The van der Waals surface area contributed by atoms with Gasteiger partial charge in [0.05, 0.1) is 0 Å². The number of nitrogens with one attached hydrogen (secondary N) is 1. The van der Waals surface area contributed by atoms with E-state index in [2.05, 4.69) is 10.3 Å². The van der Waals surface area contributed by atoms with E-state index in [9.17, 15) is 18.0 Å². The summed E-state index contributed by atoms with van der Waals surface area (Å²) in [4.78, 5) is 28.9. The van der Waals surface area contributed by atoms with E-state index >= 15 is 0 Å². The lowest BCUT2D eigenvalue weighted by atomic mass is 10.1. The van der Waals surface area contributed by atoms with E-state index in [1.165, 1.54) is 12.3 Å². The molecule has 1 aliphatic rings. The fraction of sp³-hybridized carbons (Fsp3) is 0.154. The Labute approximate surface area is 130 Å². The SMILES string of the molecule is CN1C(=O)C(C(=O)Nc2ccccn2)c2sccc2S1(=O)=O. The molecular weight excluding hydrogens is 326 g/mol. The van der Waals surface area contributed by atoms with Gasteiger partial charge in [-0.05, 0) is 23.6 Å². The Morgan fingerprint density at radius 1 is 1.36 bits per heavy atom. The van der Waals surface area contributed by atoms with E-state index in [1.807, 2.05) is 0 Å². The second kappa shape index (κ2) is 5.18. The molecule has 2 amide bonds. The molecule has 1 atom stereocenters. The summed E-state index contributed by atoms with van der Waals surface area (Å²) in [6, 6.07) is 6.37. The van der Waals surface area contributed by atoms with E-state index in [0.717, 1.165) is 18.4 Å². The van der Waals surface area contributed by atoms with Crippen LogP contribution in [0.2, 0.25) is 0 Å². The molecule has 22 heavy (non-hydrogen) atoms. The van der Waals surface area contributed by atoms with E-state index < -0.39 is 27.8 Å². The molecule has 0 fully saturated rings. The van der Waals surface area contributed by atoms with Gasteiger partial charge in [0.25, 0.3) is 15.9 Å². The van der Waals surface area contributed by atoms with Gasteiger partial charge in [-0.1, -0.05) is 6.07 Å². The summed E-state index contributed by atoms with van der Waals surface area (Å²) in [5.74, 6) is -2.27. The molecule has 0 radical (unpaired) electrons. The molecule has 3 rings (SSSR count). The van der Waals surface area contributed by atoms with Crippen molar-refractivity contribution < 1.29 is 18.0 Å². The van der Waals surface area contributed by atoms with Crippen molar-refractivity contribution >= 4 is 39.0 Å². The predicted octanol–water partition coefficient (Wildman–Crippen LogP) is 1.03. The van der Waals surface area contributed by atoms with Crippen LogP contribution in [-0.4, -0.2) is 36.6 Å². The monoisotopic (exact) mass is 337 g/mol. The van der Waals surface area contributed by atoms with Crippen LogP contribution in [0.5, 0.6) is 0 Å². The first-order chi connectivity index (χ1) is 10.4. The molecule has 0 saturated carbocycles. The Morgan fingerprint density at radius 2 is 2.14 bits per heavy atom. The first-order valence-electron chi connectivity index (χ1n) is 6.25. The lowest BCUT2D eigenvalue weighted by Crippen LogP contribution is -2.45. The van der Waals surface area contributed by atoms with Gasteiger partial charge in [-0.3, -0.25) is 9.59 Å². The van der Waals surface area contributed by atoms with Gasteiger partial charge in [0, 0.05) is 18.1 Å². The third kappa shape index (κ3) is 2.18. The van der Waals surface area contributed by atoms with Crippen LogP contribution in [0.1, 0.15) is 10.8 Å². The van der Waals surface area contributed by atoms with Crippen molar-refractivity contribution in [3.63, 3.8) is 0 Å². The molecule has 1 N–H and O–H groups in total. The van der Waals surface area contributed by atoms with Gasteiger partial charge < -0.3 is 5.32 Å². The molecule has 2 aromatic heterocycles. The van der Waals surface area contributed by atoms with Crippen molar-refractivity contribution in [3.05, 3.63) is 40.7 Å². The van der Waals surface area contributed by atoms with Gasteiger partial charge >= 0.3 is 0 Å². The molecule has 0 bridgehead atoms. The summed E-state index contributed by atoms with van der Waals surface area (Å²) in [5, 5.41) is 4.09. The van der Waals surface area contributed by atoms with Crippen molar-refractivity contribution in [1.29, 1.82) is 0 Å². The number of anilines is 1. The van der Waals surface area contributed by atoms with E-state index in [1.54, 1.807) is 23.6 Å². The highest BCUT2D eigenvalue weighted by Crippen LogP contribution is 2.38. The first-order valence-corrected chi connectivity index (χ1v) is 8.57. The zero-order valence-electron chi connectivity index (χ0n) is 11.4. The van der Waals surface area contributed by atoms with Crippen molar-refractivity contribution in [2.24, 2.45) is 0 Å². The van der Waals surface area contributed by atoms with E-state index in [-0.39, 0.29) is 9.77 Å². The number of aromatic nitrogens is 1. The van der Waals surface area contributed by atoms with Crippen molar-refractivity contribution in [3.8, 4) is 0 Å². The summed E-state index contributed by atoms with van der Waals surface area (Å²) < 4.78 is 25.0. The van der Waals surface area contributed by atoms with Crippen LogP contribution >= 0.6 is 11.3 Å². The number of rotatable bonds is 2. The number of pyridine rings is 1. The molecule has 114 valence electrons. The maximum absolute atomic E-state index is 12.4. The number of carbonyl (C=O) groups excluding carboxylic acids is 2. The minimum atomic E-state index is -3.87. The Hall–Kier alpha value is -2.26. The lowest BCUT2D eigenvalue weighted by Gasteiger charge is -2.28. The third-order valence-corrected chi connectivity index (χ3v) is 6.22. The van der Waals surface area contributed by atoms with Crippen molar-refractivity contribution in [2.75, 3.05) is 12.4 Å². The summed E-state index contributed by atoms with van der Waals surface area (Å²) in [6.45, 7) is 0. The molecule has 9 heteroatoms. The normalized spacial score (nSPS) is 19.6. The van der Waals surface area contributed by atoms with Gasteiger partial charge in [0.2, 0.25) is 5.91 Å². The minimum Gasteiger partial charge on any atom is -0.310 e. The number of likely N-dealkylation sites (N-methyl/N-ethyl adjacent to an activating group) is 1. The molecule has 2 aromatic rings. The summed E-state index contributed by atoms with van der Waals surface area (Å²) in [7, 11) is -2.72.